The van der Waals surface area contributed by atoms with E-state index in [9.17, 15) is 4.39 Å². The van der Waals surface area contributed by atoms with Gasteiger partial charge in [0, 0.05) is 0 Å². The summed E-state index contributed by atoms with van der Waals surface area (Å²) < 4.78 is 12.9. The van der Waals surface area contributed by atoms with Gasteiger partial charge in [-0.1, -0.05) is 38.8 Å². The van der Waals surface area contributed by atoms with Gasteiger partial charge in [-0.15, -0.1) is 0 Å². The molecule has 0 bridgehead atoms. The zero-order chi connectivity index (χ0) is 11.5. The maximum atomic E-state index is 12.9. The number of benzene rings is 1. The molecule has 16 heavy (non-hydrogen) atoms. The summed E-state index contributed by atoms with van der Waals surface area (Å²) >= 11 is 0. The minimum Gasteiger partial charge on any atom is -0.207 e. The van der Waals surface area contributed by atoms with Gasteiger partial charge in [0.25, 0.3) is 0 Å². The molecule has 1 saturated carbocycles. The van der Waals surface area contributed by atoms with Gasteiger partial charge in [0.05, 0.1) is 0 Å². The van der Waals surface area contributed by atoms with E-state index in [-0.39, 0.29) is 5.82 Å². The van der Waals surface area contributed by atoms with Crippen LogP contribution in [0.15, 0.2) is 24.3 Å². The fourth-order valence-electron chi connectivity index (χ4n) is 3.08. The Morgan fingerprint density at radius 1 is 1.06 bits per heavy atom. The minimum absolute atomic E-state index is 0.124. The molecule has 88 valence electrons. The summed E-state index contributed by atoms with van der Waals surface area (Å²) in [5, 5.41) is 0. The molecule has 0 N–H and O–H groups in total. The van der Waals surface area contributed by atoms with E-state index >= 15 is 0 Å². The first kappa shape index (κ1) is 11.6. The minimum atomic E-state index is -0.124. The molecule has 1 aromatic rings. The lowest BCUT2D eigenvalue weighted by molar-refractivity contribution is 0.238. The molecule has 0 nitrogen and oxygen atoms in total. The Kier molecular flexibility index (Phi) is 3.63. The van der Waals surface area contributed by atoms with E-state index in [1.54, 1.807) is 12.1 Å². The third-order valence-electron chi connectivity index (χ3n) is 3.97. The number of hydrogen-bond acceptors (Lipinski definition) is 0. The molecule has 0 saturated heterocycles. The Hall–Kier alpha value is -0.850. The Labute approximate surface area is 97.9 Å². The van der Waals surface area contributed by atoms with Crippen molar-refractivity contribution in [2.24, 2.45) is 11.8 Å². The van der Waals surface area contributed by atoms with Crippen LogP contribution in [0.1, 0.15) is 51.0 Å². The van der Waals surface area contributed by atoms with Crippen LogP contribution in [-0.4, -0.2) is 0 Å². The van der Waals surface area contributed by atoms with Crippen LogP contribution >= 0.6 is 0 Å². The average Bonchev–Trinajstić information content (AvgIpc) is 2.30. The van der Waals surface area contributed by atoms with Gasteiger partial charge in [0.2, 0.25) is 0 Å². The molecule has 1 aliphatic rings. The van der Waals surface area contributed by atoms with E-state index in [1.807, 2.05) is 12.1 Å². The van der Waals surface area contributed by atoms with Gasteiger partial charge in [-0.25, -0.2) is 4.39 Å². The van der Waals surface area contributed by atoms with Crippen molar-refractivity contribution >= 4 is 0 Å². The lowest BCUT2D eigenvalue weighted by Gasteiger charge is -2.34. The highest BCUT2D eigenvalue weighted by Crippen LogP contribution is 2.41. The predicted octanol–water partition coefficient (Wildman–Crippen LogP) is 4.76. The van der Waals surface area contributed by atoms with Gasteiger partial charge in [-0.2, -0.15) is 0 Å². The van der Waals surface area contributed by atoms with Gasteiger partial charge < -0.3 is 0 Å². The zero-order valence-corrected chi connectivity index (χ0v) is 10.2. The molecule has 0 amide bonds. The molecule has 1 aliphatic carbocycles. The van der Waals surface area contributed by atoms with Crippen molar-refractivity contribution in [2.75, 3.05) is 0 Å². The van der Waals surface area contributed by atoms with E-state index in [1.165, 1.54) is 31.2 Å². The van der Waals surface area contributed by atoms with E-state index < -0.39 is 0 Å². The molecular weight excluding hydrogens is 199 g/mol. The predicted molar refractivity (Wildman–Crippen MR) is 65.9 cm³/mol. The smallest absolute Gasteiger partial charge is 0.123 e. The first-order valence-electron chi connectivity index (χ1n) is 6.44. The van der Waals surface area contributed by atoms with E-state index in [2.05, 4.69) is 13.8 Å². The SMILES string of the molecule is CC(C)C1CCCCC1c1ccc(F)cc1. The summed E-state index contributed by atoms with van der Waals surface area (Å²) in [5.41, 5.74) is 1.33. The van der Waals surface area contributed by atoms with Crippen molar-refractivity contribution in [3.05, 3.63) is 35.6 Å². The molecule has 0 aromatic heterocycles. The molecular formula is C15H21F. The van der Waals surface area contributed by atoms with Crippen molar-refractivity contribution < 1.29 is 4.39 Å². The average molecular weight is 220 g/mol. The van der Waals surface area contributed by atoms with Crippen molar-refractivity contribution in [2.45, 2.75) is 45.4 Å². The molecule has 1 aromatic carbocycles. The Balaban J connectivity index is 2.19. The van der Waals surface area contributed by atoms with Crippen molar-refractivity contribution in [1.82, 2.24) is 0 Å². The van der Waals surface area contributed by atoms with Crippen LogP contribution in [0.4, 0.5) is 4.39 Å². The van der Waals surface area contributed by atoms with Crippen molar-refractivity contribution in [1.29, 1.82) is 0 Å². The fourth-order valence-corrected chi connectivity index (χ4v) is 3.08. The highest BCUT2D eigenvalue weighted by Gasteiger charge is 2.28. The van der Waals surface area contributed by atoms with Crippen LogP contribution in [0, 0.1) is 17.7 Å². The third kappa shape index (κ3) is 2.45. The standard InChI is InChI=1S/C15H21F/c1-11(2)14-5-3-4-6-15(14)12-7-9-13(16)10-8-12/h7-11,14-15H,3-6H2,1-2H3. The molecule has 0 heterocycles. The first-order chi connectivity index (χ1) is 7.68. The lowest BCUT2D eigenvalue weighted by atomic mass is 9.71. The van der Waals surface area contributed by atoms with Crippen LogP contribution in [-0.2, 0) is 0 Å². The summed E-state index contributed by atoms with van der Waals surface area (Å²) in [6, 6.07) is 7.14. The maximum absolute atomic E-state index is 12.9. The summed E-state index contributed by atoms with van der Waals surface area (Å²) in [5.74, 6) is 2.03. The normalized spacial score (nSPS) is 26.0. The molecule has 2 rings (SSSR count). The summed E-state index contributed by atoms with van der Waals surface area (Å²) in [7, 11) is 0. The van der Waals surface area contributed by atoms with Crippen LogP contribution < -0.4 is 0 Å². The molecule has 2 atom stereocenters. The molecule has 1 heteroatoms. The summed E-state index contributed by atoms with van der Waals surface area (Å²) in [4.78, 5) is 0. The van der Waals surface area contributed by atoms with Gasteiger partial charge in [-0.05, 0) is 48.3 Å². The largest absolute Gasteiger partial charge is 0.207 e. The number of hydrogen-bond donors (Lipinski definition) is 0. The van der Waals surface area contributed by atoms with E-state index in [0.717, 1.165) is 11.8 Å². The second-order valence-corrected chi connectivity index (χ2v) is 5.35. The van der Waals surface area contributed by atoms with Gasteiger partial charge in [0.15, 0.2) is 0 Å². The monoisotopic (exact) mass is 220 g/mol. The Morgan fingerprint density at radius 3 is 2.31 bits per heavy atom. The maximum Gasteiger partial charge on any atom is 0.123 e. The van der Waals surface area contributed by atoms with Gasteiger partial charge in [-0.3, -0.25) is 0 Å². The van der Waals surface area contributed by atoms with Gasteiger partial charge in [0.1, 0.15) is 5.82 Å². The Morgan fingerprint density at radius 2 is 1.69 bits per heavy atom. The highest BCUT2D eigenvalue weighted by atomic mass is 19.1. The summed E-state index contributed by atoms with van der Waals surface area (Å²) in [6.07, 6.45) is 5.29. The highest BCUT2D eigenvalue weighted by molar-refractivity contribution is 5.22. The van der Waals surface area contributed by atoms with Crippen molar-refractivity contribution in [3.8, 4) is 0 Å². The van der Waals surface area contributed by atoms with Gasteiger partial charge >= 0.3 is 0 Å². The zero-order valence-electron chi connectivity index (χ0n) is 10.2. The van der Waals surface area contributed by atoms with Crippen LogP contribution in [0.2, 0.25) is 0 Å². The second-order valence-electron chi connectivity index (χ2n) is 5.35. The van der Waals surface area contributed by atoms with Crippen LogP contribution in [0.5, 0.6) is 0 Å². The molecule has 1 fully saturated rings. The topological polar surface area (TPSA) is 0 Å². The molecule has 0 aliphatic heterocycles. The first-order valence-corrected chi connectivity index (χ1v) is 6.44. The van der Waals surface area contributed by atoms with E-state index in [4.69, 9.17) is 0 Å². The second kappa shape index (κ2) is 4.99. The van der Waals surface area contributed by atoms with Crippen LogP contribution in [0.25, 0.3) is 0 Å². The van der Waals surface area contributed by atoms with E-state index in [0.29, 0.717) is 5.92 Å². The number of rotatable bonds is 2. The van der Waals surface area contributed by atoms with Crippen LogP contribution in [0.3, 0.4) is 0 Å². The molecule has 0 radical (unpaired) electrons. The lowest BCUT2D eigenvalue weighted by Crippen LogP contribution is -2.22. The number of halogens is 1. The molecule has 0 spiro atoms. The fraction of sp³-hybridized carbons (Fsp3) is 0.600. The Bertz CT molecular complexity index is 326. The van der Waals surface area contributed by atoms with Crippen molar-refractivity contribution in [3.63, 3.8) is 0 Å². The molecule has 2 unspecified atom stereocenters. The third-order valence-corrected chi connectivity index (χ3v) is 3.97. The summed E-state index contributed by atoms with van der Waals surface area (Å²) in [6.45, 7) is 4.62. The quantitative estimate of drug-likeness (QED) is 0.674.